The van der Waals surface area contributed by atoms with Gasteiger partial charge in [-0.05, 0) is 28.1 Å². The number of ether oxygens (including phenoxy) is 1. The number of nitriles is 1. The summed E-state index contributed by atoms with van der Waals surface area (Å²) < 4.78 is 28.2. The highest BCUT2D eigenvalue weighted by Crippen LogP contribution is 2.34. The molecule has 0 aromatic heterocycles. The molecule has 14 heavy (non-hydrogen) atoms. The Morgan fingerprint density at radius 1 is 1.50 bits per heavy atom. The molecule has 1 rings (SSSR count). The summed E-state index contributed by atoms with van der Waals surface area (Å²) in [5, 5.41) is 8.70. The van der Waals surface area contributed by atoms with Gasteiger partial charge in [0.1, 0.15) is 5.75 Å². The molecule has 0 atom stereocenters. The van der Waals surface area contributed by atoms with Crippen LogP contribution in [0.1, 0.15) is 5.56 Å². The van der Waals surface area contributed by atoms with Crippen molar-refractivity contribution >= 4 is 27.5 Å². The smallest absolute Gasteiger partial charge is 0.387 e. The molecule has 0 aliphatic heterocycles. The van der Waals surface area contributed by atoms with Gasteiger partial charge in [0.05, 0.1) is 21.1 Å². The highest BCUT2D eigenvalue weighted by molar-refractivity contribution is 9.10. The standard InChI is InChI=1S/C8H3BrClF2NO/c9-7-5(10)1-4(3-13)2-6(7)14-8(11)12/h1-2,8H. The Morgan fingerprint density at radius 2 is 2.14 bits per heavy atom. The van der Waals surface area contributed by atoms with Gasteiger partial charge in [-0.15, -0.1) is 0 Å². The SMILES string of the molecule is N#Cc1cc(Cl)c(Br)c(OC(F)F)c1. The second-order valence-corrected chi connectivity index (χ2v) is 3.46. The lowest BCUT2D eigenvalue weighted by Crippen LogP contribution is -2.02. The highest BCUT2D eigenvalue weighted by atomic mass is 79.9. The van der Waals surface area contributed by atoms with Gasteiger partial charge in [-0.1, -0.05) is 11.6 Å². The van der Waals surface area contributed by atoms with E-state index in [-0.39, 0.29) is 20.8 Å². The van der Waals surface area contributed by atoms with Crippen LogP contribution < -0.4 is 4.74 Å². The van der Waals surface area contributed by atoms with E-state index in [1.165, 1.54) is 12.1 Å². The van der Waals surface area contributed by atoms with Crippen LogP contribution in [-0.4, -0.2) is 6.61 Å². The molecule has 0 saturated heterocycles. The second-order valence-electron chi connectivity index (χ2n) is 2.26. The van der Waals surface area contributed by atoms with Crippen molar-refractivity contribution in [1.29, 1.82) is 5.26 Å². The zero-order valence-electron chi connectivity index (χ0n) is 6.60. The van der Waals surface area contributed by atoms with E-state index in [1.54, 1.807) is 6.07 Å². The first-order valence-corrected chi connectivity index (χ1v) is 4.55. The number of hydrogen-bond acceptors (Lipinski definition) is 2. The maximum atomic E-state index is 11.9. The van der Waals surface area contributed by atoms with Gasteiger partial charge < -0.3 is 4.74 Å². The van der Waals surface area contributed by atoms with Crippen LogP contribution in [0.2, 0.25) is 5.02 Å². The Hall–Kier alpha value is -0.860. The zero-order chi connectivity index (χ0) is 10.7. The normalized spacial score (nSPS) is 10.0. The van der Waals surface area contributed by atoms with Gasteiger partial charge in [-0.2, -0.15) is 14.0 Å². The van der Waals surface area contributed by atoms with Gasteiger partial charge in [0.2, 0.25) is 0 Å². The first-order valence-electron chi connectivity index (χ1n) is 3.38. The van der Waals surface area contributed by atoms with Gasteiger partial charge >= 0.3 is 6.61 Å². The number of nitrogens with zero attached hydrogens (tertiary/aromatic N) is 1. The number of alkyl halides is 2. The molecule has 1 aromatic rings. The first-order chi connectivity index (χ1) is 6.54. The molecule has 0 bridgehead atoms. The summed E-state index contributed by atoms with van der Waals surface area (Å²) in [6, 6.07) is 4.31. The molecule has 74 valence electrons. The lowest BCUT2D eigenvalue weighted by atomic mass is 10.2. The van der Waals surface area contributed by atoms with Crippen LogP contribution in [0.25, 0.3) is 0 Å². The Bertz CT molecular complexity index is 392. The minimum atomic E-state index is -2.95. The molecule has 0 radical (unpaired) electrons. The molecule has 0 fully saturated rings. The second kappa shape index (κ2) is 4.58. The predicted molar refractivity (Wildman–Crippen MR) is 50.5 cm³/mol. The fourth-order valence-corrected chi connectivity index (χ4v) is 1.34. The molecular formula is C8H3BrClF2NO. The summed E-state index contributed by atoms with van der Waals surface area (Å²) in [5.74, 6) is -0.149. The molecule has 2 nitrogen and oxygen atoms in total. The van der Waals surface area contributed by atoms with Crippen molar-refractivity contribution in [2.75, 3.05) is 0 Å². The van der Waals surface area contributed by atoms with Crippen LogP contribution in [0, 0.1) is 11.3 Å². The third-order valence-corrected chi connectivity index (χ3v) is 2.68. The lowest BCUT2D eigenvalue weighted by molar-refractivity contribution is -0.0503. The van der Waals surface area contributed by atoms with Crippen molar-refractivity contribution in [2.45, 2.75) is 6.61 Å². The minimum absolute atomic E-state index is 0.149. The summed E-state index contributed by atoms with van der Waals surface area (Å²) in [7, 11) is 0. The molecule has 0 spiro atoms. The van der Waals surface area contributed by atoms with Crippen molar-refractivity contribution in [3.05, 3.63) is 27.2 Å². The Morgan fingerprint density at radius 3 is 2.64 bits per heavy atom. The van der Waals surface area contributed by atoms with E-state index in [0.29, 0.717) is 0 Å². The monoisotopic (exact) mass is 281 g/mol. The zero-order valence-corrected chi connectivity index (χ0v) is 8.94. The van der Waals surface area contributed by atoms with Crippen LogP contribution in [0.15, 0.2) is 16.6 Å². The number of rotatable bonds is 2. The first kappa shape index (κ1) is 11.2. The summed E-state index contributed by atoms with van der Waals surface area (Å²) in [5.41, 5.74) is 0.161. The molecule has 0 heterocycles. The summed E-state index contributed by atoms with van der Waals surface area (Å²) >= 11 is 8.63. The van der Waals surface area contributed by atoms with E-state index in [9.17, 15) is 8.78 Å². The Labute approximate surface area is 92.2 Å². The van der Waals surface area contributed by atoms with Crippen LogP contribution in [0.5, 0.6) is 5.75 Å². The third-order valence-electron chi connectivity index (χ3n) is 1.34. The Kier molecular flexibility index (Phi) is 3.67. The van der Waals surface area contributed by atoms with E-state index >= 15 is 0 Å². The van der Waals surface area contributed by atoms with Crippen LogP contribution >= 0.6 is 27.5 Å². The molecule has 1 aromatic carbocycles. The van der Waals surface area contributed by atoms with Gasteiger partial charge in [0.15, 0.2) is 0 Å². The number of benzene rings is 1. The Balaban J connectivity index is 3.15. The van der Waals surface area contributed by atoms with Crippen LogP contribution in [-0.2, 0) is 0 Å². The average molecular weight is 282 g/mol. The molecule has 0 aliphatic carbocycles. The maximum absolute atomic E-state index is 11.9. The molecule has 0 saturated carbocycles. The minimum Gasteiger partial charge on any atom is -0.434 e. The van der Waals surface area contributed by atoms with Gasteiger partial charge in [0, 0.05) is 0 Å². The fourth-order valence-electron chi connectivity index (χ4n) is 0.810. The average Bonchev–Trinajstić information content (AvgIpc) is 2.11. The van der Waals surface area contributed by atoms with E-state index in [0.717, 1.165) is 0 Å². The van der Waals surface area contributed by atoms with Crippen molar-refractivity contribution < 1.29 is 13.5 Å². The quantitative estimate of drug-likeness (QED) is 0.830. The van der Waals surface area contributed by atoms with E-state index < -0.39 is 6.61 Å². The van der Waals surface area contributed by atoms with Crippen molar-refractivity contribution in [3.8, 4) is 11.8 Å². The van der Waals surface area contributed by atoms with Crippen molar-refractivity contribution in [3.63, 3.8) is 0 Å². The fraction of sp³-hybridized carbons (Fsp3) is 0.125. The van der Waals surface area contributed by atoms with Crippen molar-refractivity contribution in [2.24, 2.45) is 0 Å². The number of halogens is 4. The molecule has 6 heteroatoms. The molecular weight excluding hydrogens is 279 g/mol. The summed E-state index contributed by atoms with van der Waals surface area (Å²) in [6.07, 6.45) is 0. The number of hydrogen-bond donors (Lipinski definition) is 0. The van der Waals surface area contributed by atoms with E-state index in [1.807, 2.05) is 0 Å². The molecule has 0 amide bonds. The van der Waals surface area contributed by atoms with Gasteiger partial charge in [-0.3, -0.25) is 0 Å². The van der Waals surface area contributed by atoms with Gasteiger partial charge in [-0.25, -0.2) is 0 Å². The summed E-state index contributed by atoms with van der Waals surface area (Å²) in [4.78, 5) is 0. The van der Waals surface area contributed by atoms with Crippen LogP contribution in [0.3, 0.4) is 0 Å². The molecule has 0 unspecified atom stereocenters. The van der Waals surface area contributed by atoms with E-state index in [4.69, 9.17) is 16.9 Å². The lowest BCUT2D eigenvalue weighted by Gasteiger charge is -2.07. The van der Waals surface area contributed by atoms with Gasteiger partial charge in [0.25, 0.3) is 0 Å². The highest BCUT2D eigenvalue weighted by Gasteiger charge is 2.12. The molecule has 0 N–H and O–H groups in total. The van der Waals surface area contributed by atoms with Crippen molar-refractivity contribution in [1.82, 2.24) is 0 Å². The maximum Gasteiger partial charge on any atom is 0.387 e. The predicted octanol–water partition coefficient (Wildman–Crippen LogP) is 3.58. The third kappa shape index (κ3) is 2.56. The van der Waals surface area contributed by atoms with E-state index in [2.05, 4.69) is 20.7 Å². The molecule has 0 aliphatic rings. The van der Waals surface area contributed by atoms with Crippen LogP contribution in [0.4, 0.5) is 8.78 Å². The topological polar surface area (TPSA) is 33.0 Å². The summed E-state index contributed by atoms with van der Waals surface area (Å²) in [6.45, 7) is -2.95. The largest absolute Gasteiger partial charge is 0.434 e.